The van der Waals surface area contributed by atoms with Crippen molar-refractivity contribution in [3.63, 3.8) is 0 Å². The molecule has 1 spiro atoms. The number of carbonyl (C=O) groups is 2. The SMILES string of the molecule is CCc1ccc(C(=O)N2[C@H](C(=O)NCc3cccnc3)COC23CCCCC3)cc1. The Morgan fingerprint density at radius 3 is 2.57 bits per heavy atom. The first-order chi connectivity index (χ1) is 14.6. The van der Waals surface area contributed by atoms with Crippen molar-refractivity contribution in [1.82, 2.24) is 15.2 Å². The van der Waals surface area contributed by atoms with Gasteiger partial charge in [-0.3, -0.25) is 19.5 Å². The van der Waals surface area contributed by atoms with E-state index in [4.69, 9.17) is 4.74 Å². The second-order valence-electron chi connectivity index (χ2n) is 8.14. The van der Waals surface area contributed by atoms with Crippen molar-refractivity contribution < 1.29 is 14.3 Å². The summed E-state index contributed by atoms with van der Waals surface area (Å²) < 4.78 is 6.20. The Labute approximate surface area is 177 Å². The number of amides is 2. The smallest absolute Gasteiger partial charge is 0.256 e. The van der Waals surface area contributed by atoms with Gasteiger partial charge in [0.1, 0.15) is 11.8 Å². The van der Waals surface area contributed by atoms with E-state index in [9.17, 15) is 9.59 Å². The Kier molecular flexibility index (Phi) is 6.13. The molecule has 6 heteroatoms. The number of nitrogens with one attached hydrogen (secondary N) is 1. The van der Waals surface area contributed by atoms with E-state index in [2.05, 4.69) is 17.2 Å². The third-order valence-corrected chi connectivity index (χ3v) is 6.22. The molecule has 1 atom stereocenters. The molecular weight excluding hydrogens is 378 g/mol. The summed E-state index contributed by atoms with van der Waals surface area (Å²) in [5.74, 6) is -0.307. The van der Waals surface area contributed by atoms with Gasteiger partial charge in [-0.15, -0.1) is 0 Å². The molecule has 0 bridgehead atoms. The Bertz CT molecular complexity index is 876. The van der Waals surface area contributed by atoms with Gasteiger partial charge in [0, 0.05) is 24.5 Å². The lowest BCUT2D eigenvalue weighted by Crippen LogP contribution is -2.56. The van der Waals surface area contributed by atoms with E-state index in [1.165, 1.54) is 5.56 Å². The van der Waals surface area contributed by atoms with Crippen LogP contribution in [0.5, 0.6) is 0 Å². The fraction of sp³-hybridized carbons (Fsp3) is 0.458. The maximum absolute atomic E-state index is 13.6. The van der Waals surface area contributed by atoms with Gasteiger partial charge < -0.3 is 10.1 Å². The van der Waals surface area contributed by atoms with Gasteiger partial charge in [-0.25, -0.2) is 0 Å². The van der Waals surface area contributed by atoms with E-state index in [-0.39, 0.29) is 18.4 Å². The van der Waals surface area contributed by atoms with E-state index in [0.29, 0.717) is 12.1 Å². The number of aryl methyl sites for hydroxylation is 1. The minimum Gasteiger partial charge on any atom is -0.353 e. The van der Waals surface area contributed by atoms with Gasteiger partial charge in [0.25, 0.3) is 5.91 Å². The lowest BCUT2D eigenvalue weighted by Gasteiger charge is -2.41. The van der Waals surface area contributed by atoms with Crippen molar-refractivity contribution in [3.05, 3.63) is 65.5 Å². The third kappa shape index (κ3) is 4.10. The van der Waals surface area contributed by atoms with Crippen molar-refractivity contribution >= 4 is 11.8 Å². The van der Waals surface area contributed by atoms with E-state index < -0.39 is 11.8 Å². The number of carbonyl (C=O) groups excluding carboxylic acids is 2. The monoisotopic (exact) mass is 407 g/mol. The molecule has 2 aliphatic rings. The largest absolute Gasteiger partial charge is 0.353 e. The molecule has 30 heavy (non-hydrogen) atoms. The van der Waals surface area contributed by atoms with Crippen molar-refractivity contribution in [2.45, 2.75) is 63.8 Å². The Balaban J connectivity index is 1.56. The van der Waals surface area contributed by atoms with Gasteiger partial charge >= 0.3 is 0 Å². The second-order valence-corrected chi connectivity index (χ2v) is 8.14. The minimum absolute atomic E-state index is 0.126. The number of hydrogen-bond donors (Lipinski definition) is 1. The van der Waals surface area contributed by atoms with E-state index in [0.717, 1.165) is 44.1 Å². The van der Waals surface area contributed by atoms with Crippen molar-refractivity contribution in [2.24, 2.45) is 0 Å². The van der Waals surface area contributed by atoms with Crippen LogP contribution >= 0.6 is 0 Å². The van der Waals surface area contributed by atoms with Crippen molar-refractivity contribution in [3.8, 4) is 0 Å². The zero-order valence-corrected chi connectivity index (χ0v) is 17.5. The normalized spacial score (nSPS) is 20.3. The highest BCUT2D eigenvalue weighted by Gasteiger charge is 2.52. The number of ether oxygens (including phenoxy) is 1. The van der Waals surface area contributed by atoms with Crippen molar-refractivity contribution in [2.75, 3.05) is 6.61 Å². The highest BCUT2D eigenvalue weighted by molar-refractivity contribution is 5.98. The van der Waals surface area contributed by atoms with Crippen LogP contribution in [0, 0.1) is 0 Å². The predicted octanol–water partition coefficient (Wildman–Crippen LogP) is 3.46. The molecule has 1 aliphatic carbocycles. The van der Waals surface area contributed by atoms with Gasteiger partial charge in [0.15, 0.2) is 0 Å². The molecule has 1 aliphatic heterocycles. The summed E-state index contributed by atoms with van der Waals surface area (Å²) in [6.45, 7) is 2.70. The van der Waals surface area contributed by atoms with Crippen LogP contribution in [0.3, 0.4) is 0 Å². The molecular formula is C24H29N3O3. The molecule has 158 valence electrons. The Morgan fingerprint density at radius 2 is 1.90 bits per heavy atom. The van der Waals surface area contributed by atoms with E-state index in [1.54, 1.807) is 17.3 Å². The van der Waals surface area contributed by atoms with Crippen LogP contribution in [-0.2, 0) is 22.5 Å². The first kappa shape index (κ1) is 20.5. The summed E-state index contributed by atoms with van der Waals surface area (Å²) in [6, 6.07) is 10.8. The first-order valence-corrected chi connectivity index (χ1v) is 10.9. The maximum atomic E-state index is 13.6. The summed E-state index contributed by atoms with van der Waals surface area (Å²) in [6.07, 6.45) is 9.04. The molecule has 1 saturated heterocycles. The van der Waals surface area contributed by atoms with Crippen LogP contribution in [-0.4, -0.2) is 40.1 Å². The molecule has 1 saturated carbocycles. The number of aromatic nitrogens is 1. The fourth-order valence-electron chi connectivity index (χ4n) is 4.50. The molecule has 2 amide bonds. The molecule has 0 radical (unpaired) electrons. The summed E-state index contributed by atoms with van der Waals surface area (Å²) in [5, 5.41) is 2.96. The predicted molar refractivity (Wildman–Crippen MR) is 114 cm³/mol. The van der Waals surface area contributed by atoms with Gasteiger partial charge in [-0.05, 0) is 61.4 Å². The lowest BCUT2D eigenvalue weighted by atomic mass is 9.89. The lowest BCUT2D eigenvalue weighted by molar-refractivity contribution is -0.127. The van der Waals surface area contributed by atoms with E-state index >= 15 is 0 Å². The molecule has 0 unspecified atom stereocenters. The fourth-order valence-corrected chi connectivity index (χ4v) is 4.50. The highest BCUT2D eigenvalue weighted by Crippen LogP contribution is 2.41. The maximum Gasteiger partial charge on any atom is 0.256 e. The molecule has 2 aromatic rings. The quantitative estimate of drug-likeness (QED) is 0.824. The summed E-state index contributed by atoms with van der Waals surface area (Å²) in [4.78, 5) is 32.5. The van der Waals surface area contributed by atoms with Crippen LogP contribution in [0.2, 0.25) is 0 Å². The average molecular weight is 408 g/mol. The van der Waals surface area contributed by atoms with Gasteiger partial charge in [-0.1, -0.05) is 31.5 Å². The minimum atomic E-state index is -0.672. The molecule has 2 fully saturated rings. The summed E-state index contributed by atoms with van der Waals surface area (Å²) in [5.41, 5.74) is 2.04. The number of rotatable bonds is 5. The van der Waals surface area contributed by atoms with Gasteiger partial charge in [0.2, 0.25) is 5.91 Å². The highest BCUT2D eigenvalue weighted by atomic mass is 16.5. The molecule has 6 nitrogen and oxygen atoms in total. The summed E-state index contributed by atoms with van der Waals surface area (Å²) >= 11 is 0. The van der Waals surface area contributed by atoms with Crippen LogP contribution in [0.1, 0.15) is 60.5 Å². The first-order valence-electron chi connectivity index (χ1n) is 10.9. The van der Waals surface area contributed by atoms with Crippen molar-refractivity contribution in [1.29, 1.82) is 0 Å². The average Bonchev–Trinajstić information content (AvgIpc) is 3.16. The number of nitrogens with zero attached hydrogens (tertiary/aromatic N) is 2. The molecule has 4 rings (SSSR count). The molecule has 2 heterocycles. The van der Waals surface area contributed by atoms with Crippen LogP contribution in [0.15, 0.2) is 48.8 Å². The zero-order chi connectivity index (χ0) is 21.0. The van der Waals surface area contributed by atoms with E-state index in [1.807, 2.05) is 36.4 Å². The van der Waals surface area contributed by atoms with Crippen LogP contribution < -0.4 is 5.32 Å². The molecule has 1 aromatic carbocycles. The Hall–Kier alpha value is -2.73. The van der Waals surface area contributed by atoms with Crippen LogP contribution in [0.4, 0.5) is 0 Å². The van der Waals surface area contributed by atoms with Gasteiger partial charge in [0.05, 0.1) is 6.61 Å². The Morgan fingerprint density at radius 1 is 1.13 bits per heavy atom. The molecule has 1 N–H and O–H groups in total. The zero-order valence-electron chi connectivity index (χ0n) is 17.5. The van der Waals surface area contributed by atoms with Crippen LogP contribution in [0.25, 0.3) is 0 Å². The molecule has 1 aromatic heterocycles. The number of hydrogen-bond acceptors (Lipinski definition) is 4. The topological polar surface area (TPSA) is 71.5 Å². The second kappa shape index (κ2) is 8.96. The summed E-state index contributed by atoms with van der Waals surface area (Å²) in [7, 11) is 0. The standard InChI is InChI=1S/C24H29N3O3/c1-2-18-8-10-20(11-9-18)23(29)27-21(17-30-24(27)12-4-3-5-13-24)22(28)26-16-19-7-6-14-25-15-19/h6-11,14-15,21H,2-5,12-13,16-17H2,1H3,(H,26,28)/t21-/m0/s1. The number of benzene rings is 1. The van der Waals surface area contributed by atoms with Gasteiger partial charge in [-0.2, -0.15) is 0 Å². The number of pyridine rings is 1. The third-order valence-electron chi connectivity index (χ3n) is 6.22.